The lowest BCUT2D eigenvalue weighted by Gasteiger charge is -2.12. The van der Waals surface area contributed by atoms with Crippen LogP contribution in [0, 0.1) is 0 Å². The number of carbonyl (C=O) groups is 1. The van der Waals surface area contributed by atoms with Gasteiger partial charge in [-0.15, -0.1) is 0 Å². The van der Waals surface area contributed by atoms with Gasteiger partial charge in [0.15, 0.2) is 6.29 Å². The van der Waals surface area contributed by atoms with Gasteiger partial charge in [0.25, 0.3) is 0 Å². The summed E-state index contributed by atoms with van der Waals surface area (Å²) in [6, 6.07) is 15.2. The van der Waals surface area contributed by atoms with Crippen LogP contribution < -0.4 is 11.1 Å². The molecule has 0 aromatic heterocycles. The minimum atomic E-state index is -0.525. The van der Waals surface area contributed by atoms with Crippen molar-refractivity contribution in [3.8, 4) is 0 Å². The monoisotopic (exact) mass is 310 g/mol. The van der Waals surface area contributed by atoms with Gasteiger partial charge in [0.2, 0.25) is 5.91 Å². The third-order valence-corrected chi connectivity index (χ3v) is 3.60. The Morgan fingerprint density at radius 2 is 1.78 bits per heavy atom. The molecule has 3 rings (SSSR count). The van der Waals surface area contributed by atoms with Crippen LogP contribution in [0.25, 0.3) is 5.57 Å². The Bertz CT molecular complexity index is 719. The lowest BCUT2D eigenvalue weighted by molar-refractivity contribution is -0.112. The number of hydrogen-bond donors (Lipinski definition) is 2. The molecule has 0 radical (unpaired) electrons. The van der Waals surface area contributed by atoms with E-state index < -0.39 is 5.91 Å². The van der Waals surface area contributed by atoms with Crippen molar-refractivity contribution in [3.05, 3.63) is 66.2 Å². The zero-order valence-electron chi connectivity index (χ0n) is 12.6. The highest BCUT2D eigenvalue weighted by atomic mass is 16.7. The predicted octanol–water partition coefficient (Wildman–Crippen LogP) is 2.97. The van der Waals surface area contributed by atoms with Gasteiger partial charge in [-0.2, -0.15) is 0 Å². The number of nitrogens with one attached hydrogen (secondary N) is 1. The molecule has 2 aromatic rings. The Hall–Kier alpha value is -2.63. The summed E-state index contributed by atoms with van der Waals surface area (Å²) in [6.45, 7) is 4.95. The number of carbonyl (C=O) groups excluding carboxylic acids is 1. The van der Waals surface area contributed by atoms with Gasteiger partial charge in [0, 0.05) is 22.5 Å². The number of primary amides is 1. The molecule has 1 fully saturated rings. The van der Waals surface area contributed by atoms with Crippen molar-refractivity contribution < 1.29 is 14.3 Å². The van der Waals surface area contributed by atoms with E-state index in [1.165, 1.54) is 0 Å². The molecule has 0 spiro atoms. The summed E-state index contributed by atoms with van der Waals surface area (Å²) >= 11 is 0. The van der Waals surface area contributed by atoms with E-state index in [1.807, 2.05) is 42.5 Å². The van der Waals surface area contributed by atoms with Gasteiger partial charge >= 0.3 is 0 Å². The second-order valence-electron chi connectivity index (χ2n) is 5.24. The number of nitrogens with two attached hydrogens (primary N) is 1. The summed E-state index contributed by atoms with van der Waals surface area (Å²) < 4.78 is 10.9. The number of rotatable bonds is 5. The fourth-order valence-electron chi connectivity index (χ4n) is 2.37. The smallest absolute Gasteiger partial charge is 0.248 e. The summed E-state index contributed by atoms with van der Waals surface area (Å²) in [7, 11) is 0. The molecule has 1 aliphatic rings. The molecule has 5 nitrogen and oxygen atoms in total. The van der Waals surface area contributed by atoms with Crippen LogP contribution in [0.2, 0.25) is 0 Å². The highest BCUT2D eigenvalue weighted by molar-refractivity contribution is 6.18. The van der Waals surface area contributed by atoms with Gasteiger partial charge in [-0.25, -0.2) is 0 Å². The molecular formula is C18H18N2O3. The van der Waals surface area contributed by atoms with Gasteiger partial charge in [0.1, 0.15) is 0 Å². The second kappa shape index (κ2) is 6.64. The summed E-state index contributed by atoms with van der Waals surface area (Å²) in [4.78, 5) is 11.2. The lowest BCUT2D eigenvalue weighted by Crippen LogP contribution is -2.11. The molecule has 1 aliphatic heterocycles. The SMILES string of the molecule is C=C(C(N)=O)c1cccc(Nc2ccc(C3OCCO3)cc2)c1. The molecule has 0 saturated carbocycles. The minimum absolute atomic E-state index is 0.272. The van der Waals surface area contributed by atoms with Gasteiger partial charge in [-0.05, 0) is 29.8 Å². The average molecular weight is 310 g/mol. The number of ether oxygens (including phenoxy) is 2. The molecule has 0 unspecified atom stereocenters. The minimum Gasteiger partial charge on any atom is -0.366 e. The van der Waals surface area contributed by atoms with Crippen LogP contribution in [0.5, 0.6) is 0 Å². The molecule has 118 valence electrons. The van der Waals surface area contributed by atoms with Gasteiger partial charge in [0.05, 0.1) is 13.2 Å². The van der Waals surface area contributed by atoms with Crippen LogP contribution in [0.3, 0.4) is 0 Å². The molecule has 3 N–H and O–H groups in total. The first-order chi connectivity index (χ1) is 11.1. The maximum atomic E-state index is 11.2. The van der Waals surface area contributed by atoms with Gasteiger partial charge in [-0.3, -0.25) is 4.79 Å². The molecule has 1 heterocycles. The first-order valence-corrected chi connectivity index (χ1v) is 7.33. The van der Waals surface area contributed by atoms with Crippen molar-refractivity contribution >= 4 is 22.9 Å². The van der Waals surface area contributed by atoms with Crippen molar-refractivity contribution in [1.82, 2.24) is 0 Å². The van der Waals surface area contributed by atoms with Crippen LogP contribution in [0.15, 0.2) is 55.1 Å². The third kappa shape index (κ3) is 3.59. The van der Waals surface area contributed by atoms with Crippen molar-refractivity contribution in [2.75, 3.05) is 18.5 Å². The van der Waals surface area contributed by atoms with Crippen molar-refractivity contribution in [2.45, 2.75) is 6.29 Å². The number of amides is 1. The molecule has 0 bridgehead atoms. The van der Waals surface area contributed by atoms with Crippen molar-refractivity contribution in [3.63, 3.8) is 0 Å². The van der Waals surface area contributed by atoms with Crippen LogP contribution in [0.1, 0.15) is 17.4 Å². The number of benzene rings is 2. The van der Waals surface area contributed by atoms with E-state index in [2.05, 4.69) is 11.9 Å². The first kappa shape index (κ1) is 15.3. The highest BCUT2D eigenvalue weighted by Gasteiger charge is 2.17. The molecule has 1 amide bonds. The Labute approximate surface area is 134 Å². The molecule has 23 heavy (non-hydrogen) atoms. The number of anilines is 2. The molecular weight excluding hydrogens is 292 g/mol. The van der Waals surface area contributed by atoms with E-state index in [0.717, 1.165) is 16.9 Å². The zero-order chi connectivity index (χ0) is 16.2. The summed E-state index contributed by atoms with van der Waals surface area (Å²) in [5.74, 6) is -0.525. The Morgan fingerprint density at radius 3 is 2.43 bits per heavy atom. The largest absolute Gasteiger partial charge is 0.366 e. The maximum absolute atomic E-state index is 11.2. The van der Waals surface area contributed by atoms with E-state index in [9.17, 15) is 4.79 Å². The molecule has 1 saturated heterocycles. The van der Waals surface area contributed by atoms with Crippen LogP contribution in [0.4, 0.5) is 11.4 Å². The third-order valence-electron chi connectivity index (χ3n) is 3.60. The second-order valence-corrected chi connectivity index (χ2v) is 5.24. The topological polar surface area (TPSA) is 73.6 Å². The fourth-order valence-corrected chi connectivity index (χ4v) is 2.37. The standard InChI is InChI=1S/C18H18N2O3/c1-12(17(19)21)14-3-2-4-16(11-14)20-15-7-5-13(6-8-15)18-22-9-10-23-18/h2-8,11,18,20H,1,9-10H2,(H2,19,21). The van der Waals surface area contributed by atoms with Crippen LogP contribution in [-0.4, -0.2) is 19.1 Å². The van der Waals surface area contributed by atoms with E-state index in [4.69, 9.17) is 15.2 Å². The predicted molar refractivity (Wildman–Crippen MR) is 89.0 cm³/mol. The van der Waals surface area contributed by atoms with E-state index in [0.29, 0.717) is 24.4 Å². The van der Waals surface area contributed by atoms with Crippen molar-refractivity contribution in [2.24, 2.45) is 5.73 Å². The fraction of sp³-hybridized carbons (Fsp3) is 0.167. The molecule has 2 aromatic carbocycles. The van der Waals surface area contributed by atoms with Gasteiger partial charge < -0.3 is 20.5 Å². The summed E-state index contributed by atoms with van der Waals surface area (Å²) in [5.41, 5.74) is 9.02. The van der Waals surface area contributed by atoms with Gasteiger partial charge in [-0.1, -0.05) is 30.8 Å². The summed E-state index contributed by atoms with van der Waals surface area (Å²) in [6.07, 6.45) is -0.272. The van der Waals surface area contributed by atoms with E-state index >= 15 is 0 Å². The average Bonchev–Trinajstić information content (AvgIpc) is 3.09. The van der Waals surface area contributed by atoms with Crippen LogP contribution >= 0.6 is 0 Å². The van der Waals surface area contributed by atoms with Crippen molar-refractivity contribution in [1.29, 1.82) is 0 Å². The lowest BCUT2D eigenvalue weighted by atomic mass is 10.1. The Morgan fingerprint density at radius 1 is 1.09 bits per heavy atom. The maximum Gasteiger partial charge on any atom is 0.248 e. The van der Waals surface area contributed by atoms with E-state index in [-0.39, 0.29) is 6.29 Å². The highest BCUT2D eigenvalue weighted by Crippen LogP contribution is 2.26. The molecule has 0 atom stereocenters. The first-order valence-electron chi connectivity index (χ1n) is 7.33. The number of hydrogen-bond acceptors (Lipinski definition) is 4. The molecule has 5 heteroatoms. The quantitative estimate of drug-likeness (QED) is 0.833. The normalized spacial score (nSPS) is 14.6. The van der Waals surface area contributed by atoms with Crippen LogP contribution in [-0.2, 0) is 14.3 Å². The Balaban J connectivity index is 1.73. The Kier molecular flexibility index (Phi) is 4.41. The van der Waals surface area contributed by atoms with E-state index in [1.54, 1.807) is 6.07 Å². The zero-order valence-corrected chi connectivity index (χ0v) is 12.6. The summed E-state index contributed by atoms with van der Waals surface area (Å²) in [5, 5.41) is 3.28. The molecule has 0 aliphatic carbocycles.